The van der Waals surface area contributed by atoms with E-state index in [1.807, 2.05) is 6.07 Å². The third kappa shape index (κ3) is 3.61. The Bertz CT molecular complexity index is 389. The lowest BCUT2D eigenvalue weighted by molar-refractivity contribution is 0.205. The molecular weight excluding hydrogens is 248 g/mol. The number of rotatable bonds is 4. The predicted molar refractivity (Wildman–Crippen MR) is 75.1 cm³/mol. The molecule has 1 saturated heterocycles. The van der Waals surface area contributed by atoms with Gasteiger partial charge in [-0.05, 0) is 50.7 Å². The first kappa shape index (κ1) is 13.7. The lowest BCUT2D eigenvalue weighted by atomic mass is 10.0. The van der Waals surface area contributed by atoms with Crippen molar-refractivity contribution in [2.45, 2.75) is 32.4 Å². The molecule has 0 aliphatic carbocycles. The molecule has 1 aromatic carbocycles. The average Bonchev–Trinajstić information content (AvgIpc) is 2.40. The van der Waals surface area contributed by atoms with Crippen molar-refractivity contribution in [3.63, 3.8) is 0 Å². The van der Waals surface area contributed by atoms with Gasteiger partial charge in [0.05, 0.1) is 0 Å². The van der Waals surface area contributed by atoms with Gasteiger partial charge >= 0.3 is 0 Å². The van der Waals surface area contributed by atoms with E-state index in [4.69, 9.17) is 11.6 Å². The first-order valence-corrected chi connectivity index (χ1v) is 7.00. The van der Waals surface area contributed by atoms with Crippen LogP contribution in [0.2, 0.25) is 5.02 Å². The smallest absolute Gasteiger partial charge is 0.120 e. The van der Waals surface area contributed by atoms with Crippen molar-refractivity contribution in [2.24, 2.45) is 0 Å². The molecular formula is C14H21ClN2O. The van der Waals surface area contributed by atoms with Gasteiger partial charge in [-0.3, -0.25) is 0 Å². The molecule has 1 aromatic rings. The Kier molecular flexibility index (Phi) is 4.87. The molecule has 1 aliphatic rings. The molecule has 0 bridgehead atoms. The molecule has 100 valence electrons. The molecule has 0 atom stereocenters. The van der Waals surface area contributed by atoms with Crippen LogP contribution < -0.4 is 5.32 Å². The van der Waals surface area contributed by atoms with Crippen molar-refractivity contribution in [2.75, 3.05) is 19.6 Å². The molecule has 2 rings (SSSR count). The van der Waals surface area contributed by atoms with E-state index in [0.29, 0.717) is 23.4 Å². The molecule has 0 saturated carbocycles. The number of phenols is 1. The van der Waals surface area contributed by atoms with Gasteiger partial charge in [0.2, 0.25) is 0 Å². The van der Waals surface area contributed by atoms with E-state index in [1.165, 1.54) is 12.8 Å². The van der Waals surface area contributed by atoms with Crippen LogP contribution in [0.4, 0.5) is 0 Å². The summed E-state index contributed by atoms with van der Waals surface area (Å²) in [5.41, 5.74) is 0.875. The highest BCUT2D eigenvalue weighted by molar-refractivity contribution is 6.30. The van der Waals surface area contributed by atoms with Gasteiger partial charge in [-0.15, -0.1) is 0 Å². The molecule has 1 fully saturated rings. The van der Waals surface area contributed by atoms with Crippen molar-refractivity contribution < 1.29 is 5.11 Å². The molecule has 18 heavy (non-hydrogen) atoms. The Hall–Kier alpha value is -0.770. The summed E-state index contributed by atoms with van der Waals surface area (Å²) in [5.74, 6) is 0.317. The van der Waals surface area contributed by atoms with Gasteiger partial charge in [-0.2, -0.15) is 0 Å². The molecule has 0 unspecified atom stereocenters. The van der Waals surface area contributed by atoms with Crippen LogP contribution in [0, 0.1) is 0 Å². The number of phenolic OH excluding ortho intramolecular Hbond substituents is 1. The monoisotopic (exact) mass is 268 g/mol. The van der Waals surface area contributed by atoms with Gasteiger partial charge < -0.3 is 15.3 Å². The second-order valence-electron chi connectivity index (χ2n) is 4.86. The number of nitrogens with one attached hydrogen (secondary N) is 1. The number of benzene rings is 1. The van der Waals surface area contributed by atoms with Crippen LogP contribution in [0.3, 0.4) is 0 Å². The summed E-state index contributed by atoms with van der Waals surface area (Å²) in [5, 5.41) is 13.9. The van der Waals surface area contributed by atoms with Crippen LogP contribution in [0.25, 0.3) is 0 Å². The Morgan fingerprint density at radius 3 is 2.78 bits per heavy atom. The van der Waals surface area contributed by atoms with Gasteiger partial charge in [0, 0.05) is 23.2 Å². The van der Waals surface area contributed by atoms with Gasteiger partial charge in [-0.1, -0.05) is 18.5 Å². The summed E-state index contributed by atoms with van der Waals surface area (Å²) >= 11 is 5.93. The normalized spacial score (nSPS) is 18.1. The fraction of sp³-hybridized carbons (Fsp3) is 0.571. The third-order valence-corrected chi connectivity index (χ3v) is 3.89. The number of nitrogens with zero attached hydrogens (tertiary/aromatic N) is 1. The zero-order valence-corrected chi connectivity index (χ0v) is 11.6. The van der Waals surface area contributed by atoms with Crippen LogP contribution in [-0.2, 0) is 6.54 Å². The summed E-state index contributed by atoms with van der Waals surface area (Å²) in [6.45, 7) is 6.36. The number of aromatic hydroxyl groups is 1. The quantitative estimate of drug-likeness (QED) is 0.881. The number of likely N-dealkylation sites (tertiary alicyclic amines) is 1. The van der Waals surface area contributed by atoms with Crippen LogP contribution in [0.15, 0.2) is 18.2 Å². The van der Waals surface area contributed by atoms with E-state index in [-0.39, 0.29) is 0 Å². The van der Waals surface area contributed by atoms with Gasteiger partial charge in [0.15, 0.2) is 0 Å². The zero-order chi connectivity index (χ0) is 13.0. The lowest BCUT2D eigenvalue weighted by Gasteiger charge is -2.31. The molecule has 3 nitrogen and oxygen atoms in total. The van der Waals surface area contributed by atoms with E-state index < -0.39 is 0 Å². The summed E-state index contributed by atoms with van der Waals surface area (Å²) in [7, 11) is 0. The second-order valence-corrected chi connectivity index (χ2v) is 5.30. The number of halogens is 1. The van der Waals surface area contributed by atoms with Crippen LogP contribution in [0.5, 0.6) is 5.75 Å². The van der Waals surface area contributed by atoms with E-state index in [9.17, 15) is 5.11 Å². The van der Waals surface area contributed by atoms with Crippen molar-refractivity contribution >= 4 is 11.6 Å². The van der Waals surface area contributed by atoms with Crippen LogP contribution in [0.1, 0.15) is 25.3 Å². The first-order valence-electron chi connectivity index (χ1n) is 6.62. The maximum atomic E-state index is 9.74. The molecule has 1 heterocycles. The fourth-order valence-electron chi connectivity index (χ4n) is 2.40. The highest BCUT2D eigenvalue weighted by atomic mass is 35.5. The molecule has 0 aromatic heterocycles. The average molecular weight is 269 g/mol. The topological polar surface area (TPSA) is 35.5 Å². The van der Waals surface area contributed by atoms with E-state index in [1.54, 1.807) is 12.1 Å². The second kappa shape index (κ2) is 6.41. The zero-order valence-electron chi connectivity index (χ0n) is 10.8. The predicted octanol–water partition coefficient (Wildman–Crippen LogP) is 2.62. The standard InChI is InChI=1S/C14H21ClN2O/c1-2-17-7-5-13(6-8-17)16-10-11-9-12(15)3-4-14(11)18/h3-4,9,13,16,18H,2,5-8,10H2,1H3. The minimum atomic E-state index is 0.317. The lowest BCUT2D eigenvalue weighted by Crippen LogP contribution is -2.42. The summed E-state index contributed by atoms with van der Waals surface area (Å²) in [6.07, 6.45) is 2.35. The SMILES string of the molecule is CCN1CCC(NCc2cc(Cl)ccc2O)CC1. The molecule has 0 radical (unpaired) electrons. The summed E-state index contributed by atoms with van der Waals surface area (Å²) < 4.78 is 0. The van der Waals surface area contributed by atoms with E-state index >= 15 is 0 Å². The van der Waals surface area contributed by atoms with E-state index in [0.717, 1.165) is 25.2 Å². The number of hydrogen-bond donors (Lipinski definition) is 2. The van der Waals surface area contributed by atoms with Crippen molar-refractivity contribution in [1.82, 2.24) is 10.2 Å². The van der Waals surface area contributed by atoms with Gasteiger partial charge in [-0.25, -0.2) is 0 Å². The largest absolute Gasteiger partial charge is 0.508 e. The van der Waals surface area contributed by atoms with Crippen molar-refractivity contribution in [3.05, 3.63) is 28.8 Å². The molecule has 0 spiro atoms. The van der Waals surface area contributed by atoms with Gasteiger partial charge in [0.1, 0.15) is 5.75 Å². The highest BCUT2D eigenvalue weighted by Gasteiger charge is 2.17. The molecule has 1 aliphatic heterocycles. The van der Waals surface area contributed by atoms with Crippen molar-refractivity contribution in [3.8, 4) is 5.75 Å². The summed E-state index contributed by atoms with van der Waals surface area (Å²) in [4.78, 5) is 2.47. The minimum absolute atomic E-state index is 0.317. The van der Waals surface area contributed by atoms with Crippen molar-refractivity contribution in [1.29, 1.82) is 0 Å². The third-order valence-electron chi connectivity index (χ3n) is 3.66. The molecule has 2 N–H and O–H groups in total. The Morgan fingerprint density at radius 2 is 2.11 bits per heavy atom. The summed E-state index contributed by atoms with van der Waals surface area (Å²) in [6, 6.07) is 5.73. The highest BCUT2D eigenvalue weighted by Crippen LogP contribution is 2.21. The number of hydrogen-bond acceptors (Lipinski definition) is 3. The van der Waals surface area contributed by atoms with E-state index in [2.05, 4.69) is 17.1 Å². The maximum Gasteiger partial charge on any atom is 0.120 e. The molecule has 0 amide bonds. The Morgan fingerprint density at radius 1 is 1.39 bits per heavy atom. The van der Waals surface area contributed by atoms with Crippen LogP contribution in [-0.4, -0.2) is 35.7 Å². The maximum absolute atomic E-state index is 9.74. The van der Waals surface area contributed by atoms with Crippen LogP contribution >= 0.6 is 11.6 Å². The number of piperidine rings is 1. The molecule has 4 heteroatoms. The van der Waals surface area contributed by atoms with Gasteiger partial charge in [0.25, 0.3) is 0 Å². The Balaban J connectivity index is 1.83. The first-order chi connectivity index (χ1) is 8.69. The minimum Gasteiger partial charge on any atom is -0.508 e. The Labute approximate surface area is 114 Å². The fourth-order valence-corrected chi connectivity index (χ4v) is 2.60.